The molecule has 6 heteroatoms. The number of hydrogen-bond donors (Lipinski definition) is 1. The third kappa shape index (κ3) is 4.27. The molecule has 2 aromatic carbocycles. The summed E-state index contributed by atoms with van der Waals surface area (Å²) < 4.78 is 11.1. The van der Waals surface area contributed by atoms with Gasteiger partial charge in [0.15, 0.2) is 6.04 Å². The molecular weight excluding hydrogens is 370 g/mol. The molecular formula is C23H27NO5. The first-order valence-corrected chi connectivity index (χ1v) is 9.87. The van der Waals surface area contributed by atoms with E-state index in [1.54, 1.807) is 6.92 Å². The fourth-order valence-corrected chi connectivity index (χ4v) is 3.89. The summed E-state index contributed by atoms with van der Waals surface area (Å²) in [5, 5.41) is 9.57. The van der Waals surface area contributed by atoms with Crippen LogP contribution in [-0.4, -0.2) is 54.5 Å². The van der Waals surface area contributed by atoms with Crippen LogP contribution >= 0.6 is 0 Å². The first kappa shape index (κ1) is 20.9. The molecule has 1 amide bonds. The zero-order valence-corrected chi connectivity index (χ0v) is 17.0. The van der Waals surface area contributed by atoms with Crippen molar-refractivity contribution in [3.05, 3.63) is 59.7 Å². The maximum Gasteiger partial charge on any atom is 0.410 e. The Morgan fingerprint density at radius 1 is 1.07 bits per heavy atom. The van der Waals surface area contributed by atoms with Crippen molar-refractivity contribution in [3.8, 4) is 11.1 Å². The number of likely N-dealkylation sites (N-methyl/N-ethyl adjacent to an activating group) is 1. The van der Waals surface area contributed by atoms with Crippen LogP contribution in [0.2, 0.25) is 0 Å². The Labute approximate surface area is 171 Å². The lowest BCUT2D eigenvalue weighted by molar-refractivity contribution is -0.147. The Morgan fingerprint density at radius 3 is 2.14 bits per heavy atom. The number of carboxylic acid groups (broad SMARTS) is 1. The molecule has 1 aliphatic rings. The van der Waals surface area contributed by atoms with Gasteiger partial charge in [0.1, 0.15) is 6.61 Å². The van der Waals surface area contributed by atoms with E-state index in [0.717, 1.165) is 33.6 Å². The van der Waals surface area contributed by atoms with Crippen LogP contribution in [0.15, 0.2) is 48.5 Å². The van der Waals surface area contributed by atoms with Crippen molar-refractivity contribution in [1.29, 1.82) is 0 Å². The van der Waals surface area contributed by atoms with Gasteiger partial charge in [-0.25, -0.2) is 9.59 Å². The third-order valence-corrected chi connectivity index (χ3v) is 5.32. The molecule has 1 N–H and O–H groups in total. The molecule has 3 rings (SSSR count). The van der Waals surface area contributed by atoms with E-state index >= 15 is 0 Å². The molecule has 0 bridgehead atoms. The number of ether oxygens (including phenoxy) is 2. The van der Waals surface area contributed by atoms with Crippen molar-refractivity contribution in [3.63, 3.8) is 0 Å². The molecule has 2 aromatic rings. The number of hydrogen-bond acceptors (Lipinski definition) is 4. The average molecular weight is 397 g/mol. The van der Waals surface area contributed by atoms with E-state index in [9.17, 15) is 14.7 Å². The van der Waals surface area contributed by atoms with E-state index in [1.165, 1.54) is 7.05 Å². The summed E-state index contributed by atoms with van der Waals surface area (Å²) in [7, 11) is 1.43. The average Bonchev–Trinajstić information content (AvgIpc) is 3.04. The van der Waals surface area contributed by atoms with Gasteiger partial charge in [0.25, 0.3) is 0 Å². The molecule has 1 aliphatic carbocycles. The van der Waals surface area contributed by atoms with Gasteiger partial charge in [0, 0.05) is 19.6 Å². The first-order chi connectivity index (χ1) is 14.0. The van der Waals surface area contributed by atoms with Crippen LogP contribution in [0.1, 0.15) is 37.3 Å². The van der Waals surface area contributed by atoms with E-state index in [2.05, 4.69) is 12.1 Å². The molecule has 0 saturated heterocycles. The summed E-state index contributed by atoms with van der Waals surface area (Å²) in [5.41, 5.74) is 4.50. The number of aliphatic carboxylic acids is 1. The molecule has 0 aromatic heterocycles. The highest BCUT2D eigenvalue weighted by Gasteiger charge is 2.35. The Bertz CT molecular complexity index is 836. The van der Waals surface area contributed by atoms with Crippen LogP contribution in [0.25, 0.3) is 11.1 Å². The minimum atomic E-state index is -1.12. The second kappa shape index (κ2) is 9.09. The second-order valence-corrected chi connectivity index (χ2v) is 7.27. The number of benzene rings is 2. The molecule has 1 unspecified atom stereocenters. The van der Waals surface area contributed by atoms with Gasteiger partial charge >= 0.3 is 12.1 Å². The topological polar surface area (TPSA) is 76.1 Å². The normalized spacial score (nSPS) is 14.6. The van der Waals surface area contributed by atoms with Gasteiger partial charge in [-0.3, -0.25) is 4.90 Å². The smallest absolute Gasteiger partial charge is 0.410 e. The lowest BCUT2D eigenvalue weighted by Crippen LogP contribution is -2.50. The fourth-order valence-electron chi connectivity index (χ4n) is 3.89. The van der Waals surface area contributed by atoms with Crippen LogP contribution in [0.4, 0.5) is 4.79 Å². The van der Waals surface area contributed by atoms with Gasteiger partial charge in [-0.2, -0.15) is 0 Å². The summed E-state index contributed by atoms with van der Waals surface area (Å²) >= 11 is 0. The lowest BCUT2D eigenvalue weighted by atomic mass is 9.98. The summed E-state index contributed by atoms with van der Waals surface area (Å²) in [5.74, 6) is -1.19. The SMILES string of the molecule is CCCO[C@H](C)C(C(=O)O)N(C)C(=O)OCC1c2ccccc2-c2ccccc21. The largest absolute Gasteiger partial charge is 0.480 e. The maximum atomic E-state index is 12.6. The monoisotopic (exact) mass is 397 g/mol. The van der Waals surface area contributed by atoms with Crippen LogP contribution in [0, 0.1) is 0 Å². The molecule has 0 radical (unpaired) electrons. The Kier molecular flexibility index (Phi) is 6.54. The van der Waals surface area contributed by atoms with Gasteiger partial charge in [-0.1, -0.05) is 55.5 Å². The van der Waals surface area contributed by atoms with Crippen LogP contribution < -0.4 is 0 Å². The molecule has 0 fully saturated rings. The van der Waals surface area contributed by atoms with Crippen molar-refractivity contribution in [2.24, 2.45) is 0 Å². The highest BCUT2D eigenvalue weighted by Crippen LogP contribution is 2.44. The van der Waals surface area contributed by atoms with Crippen LogP contribution in [-0.2, 0) is 14.3 Å². The Hall–Kier alpha value is -2.86. The molecule has 0 spiro atoms. The third-order valence-electron chi connectivity index (χ3n) is 5.32. The van der Waals surface area contributed by atoms with Crippen LogP contribution in [0.5, 0.6) is 0 Å². The number of nitrogens with zero attached hydrogens (tertiary/aromatic N) is 1. The molecule has 0 aliphatic heterocycles. The number of fused-ring (bicyclic) bond motifs is 3. The van der Waals surface area contributed by atoms with Gasteiger partial charge in [0.05, 0.1) is 6.10 Å². The first-order valence-electron chi connectivity index (χ1n) is 9.87. The van der Waals surface area contributed by atoms with Crippen LogP contribution in [0.3, 0.4) is 0 Å². The van der Waals surface area contributed by atoms with Gasteiger partial charge in [-0.15, -0.1) is 0 Å². The number of carbonyl (C=O) groups is 2. The standard InChI is InChI=1S/C23H27NO5/c1-4-13-28-15(2)21(22(25)26)24(3)23(27)29-14-20-18-11-7-5-9-16(18)17-10-6-8-12-19(17)20/h5-12,15,20-21H,4,13-14H2,1-3H3,(H,25,26)/t15-,21?/m1/s1. The minimum Gasteiger partial charge on any atom is -0.480 e. The van der Waals surface area contributed by atoms with Crippen molar-refractivity contribution in [1.82, 2.24) is 4.90 Å². The Balaban J connectivity index is 1.72. The van der Waals surface area contributed by atoms with E-state index in [-0.39, 0.29) is 12.5 Å². The van der Waals surface area contributed by atoms with Crippen molar-refractivity contribution in [2.75, 3.05) is 20.3 Å². The molecule has 6 nitrogen and oxygen atoms in total. The van der Waals surface area contributed by atoms with E-state index in [1.807, 2.05) is 43.3 Å². The summed E-state index contributed by atoms with van der Waals surface area (Å²) in [6.07, 6.45) is -0.546. The lowest BCUT2D eigenvalue weighted by Gasteiger charge is -2.29. The Morgan fingerprint density at radius 2 is 1.62 bits per heavy atom. The number of amides is 1. The minimum absolute atomic E-state index is 0.0724. The van der Waals surface area contributed by atoms with Crippen molar-refractivity contribution in [2.45, 2.75) is 38.3 Å². The molecule has 29 heavy (non-hydrogen) atoms. The number of rotatable bonds is 8. The molecule has 0 saturated carbocycles. The summed E-state index contributed by atoms with van der Waals surface area (Å²) in [6.45, 7) is 4.18. The van der Waals surface area contributed by atoms with Gasteiger partial charge in [0.2, 0.25) is 0 Å². The van der Waals surface area contributed by atoms with Gasteiger partial charge < -0.3 is 14.6 Å². The predicted molar refractivity (Wildman–Crippen MR) is 110 cm³/mol. The summed E-state index contributed by atoms with van der Waals surface area (Å²) in [6, 6.07) is 15.0. The van der Waals surface area contributed by atoms with E-state index < -0.39 is 24.2 Å². The van der Waals surface area contributed by atoms with Crippen molar-refractivity contribution < 1.29 is 24.2 Å². The highest BCUT2D eigenvalue weighted by atomic mass is 16.6. The predicted octanol–water partition coefficient (Wildman–Crippen LogP) is 4.14. The fraction of sp³-hybridized carbons (Fsp3) is 0.391. The van der Waals surface area contributed by atoms with Gasteiger partial charge in [-0.05, 0) is 35.6 Å². The van der Waals surface area contributed by atoms with E-state index in [0.29, 0.717) is 6.61 Å². The highest BCUT2D eigenvalue weighted by molar-refractivity contribution is 5.81. The number of carbonyl (C=O) groups excluding carboxylic acids is 1. The van der Waals surface area contributed by atoms with E-state index in [4.69, 9.17) is 9.47 Å². The zero-order chi connectivity index (χ0) is 21.0. The second-order valence-electron chi connectivity index (χ2n) is 7.27. The zero-order valence-electron chi connectivity index (χ0n) is 17.0. The summed E-state index contributed by atoms with van der Waals surface area (Å²) in [4.78, 5) is 25.4. The van der Waals surface area contributed by atoms with Crippen molar-refractivity contribution >= 4 is 12.1 Å². The molecule has 154 valence electrons. The quantitative estimate of drug-likeness (QED) is 0.725. The maximum absolute atomic E-state index is 12.6. The molecule has 0 heterocycles. The molecule has 2 atom stereocenters. The number of carboxylic acids is 1.